The van der Waals surface area contributed by atoms with E-state index in [1.54, 1.807) is 31.2 Å². The summed E-state index contributed by atoms with van der Waals surface area (Å²) >= 11 is 0. The molecule has 0 saturated carbocycles. The van der Waals surface area contributed by atoms with Crippen molar-refractivity contribution in [1.29, 1.82) is 0 Å². The molecular weight excluding hydrogens is 376 g/mol. The Morgan fingerprint density at radius 2 is 1.89 bits per heavy atom. The van der Waals surface area contributed by atoms with Gasteiger partial charge in [-0.1, -0.05) is 6.07 Å². The summed E-state index contributed by atoms with van der Waals surface area (Å²) in [6, 6.07) is 8.72. The van der Waals surface area contributed by atoms with E-state index in [4.69, 9.17) is 4.74 Å². The minimum Gasteiger partial charge on any atom is -0.495 e. The summed E-state index contributed by atoms with van der Waals surface area (Å²) in [5, 5.41) is 0.796. The number of anilines is 1. The summed E-state index contributed by atoms with van der Waals surface area (Å²) < 4.78 is 34.1. The van der Waals surface area contributed by atoms with Gasteiger partial charge < -0.3 is 9.72 Å². The minimum absolute atomic E-state index is 0.116. The van der Waals surface area contributed by atoms with E-state index < -0.39 is 10.0 Å². The van der Waals surface area contributed by atoms with E-state index >= 15 is 0 Å². The summed E-state index contributed by atoms with van der Waals surface area (Å²) in [6.07, 6.45) is 2.15. The number of benzene rings is 2. The van der Waals surface area contributed by atoms with E-state index in [9.17, 15) is 13.2 Å². The Labute approximate surface area is 164 Å². The van der Waals surface area contributed by atoms with Gasteiger partial charge in [-0.3, -0.25) is 9.52 Å². The van der Waals surface area contributed by atoms with E-state index in [1.165, 1.54) is 7.11 Å². The van der Waals surface area contributed by atoms with Crippen molar-refractivity contribution >= 4 is 32.4 Å². The van der Waals surface area contributed by atoms with Crippen molar-refractivity contribution in [2.24, 2.45) is 0 Å². The van der Waals surface area contributed by atoms with Crippen molar-refractivity contribution in [1.82, 2.24) is 4.98 Å². The van der Waals surface area contributed by atoms with Crippen LogP contribution >= 0.6 is 0 Å². The van der Waals surface area contributed by atoms with Crippen molar-refractivity contribution in [3.8, 4) is 5.75 Å². The Morgan fingerprint density at radius 1 is 1.11 bits per heavy atom. The van der Waals surface area contributed by atoms with Crippen LogP contribution in [0, 0.1) is 13.8 Å². The maximum atomic E-state index is 13.1. The SMILES string of the molecule is COc1ccc(C)cc1NS(=O)(=O)c1cc2[nH]c3c(c2cc1C)C(=O)CCC3. The van der Waals surface area contributed by atoms with Gasteiger partial charge in [0.2, 0.25) is 0 Å². The molecule has 146 valence electrons. The van der Waals surface area contributed by atoms with E-state index in [0.29, 0.717) is 34.5 Å². The first-order chi connectivity index (χ1) is 13.3. The summed E-state index contributed by atoms with van der Waals surface area (Å²) in [4.78, 5) is 15.8. The van der Waals surface area contributed by atoms with Crippen LogP contribution in [0.4, 0.5) is 5.69 Å². The zero-order chi connectivity index (χ0) is 20.1. The lowest BCUT2D eigenvalue weighted by Gasteiger charge is -2.14. The predicted octanol–water partition coefficient (Wildman–Crippen LogP) is 4.11. The molecule has 1 heterocycles. The van der Waals surface area contributed by atoms with Crippen LogP contribution in [-0.4, -0.2) is 26.3 Å². The van der Waals surface area contributed by atoms with Gasteiger partial charge in [0.25, 0.3) is 10.0 Å². The number of ketones is 1. The number of carbonyl (C=O) groups is 1. The quantitative estimate of drug-likeness (QED) is 0.692. The molecule has 0 bridgehead atoms. The Hall–Kier alpha value is -2.80. The van der Waals surface area contributed by atoms with Gasteiger partial charge in [0.15, 0.2) is 5.78 Å². The molecule has 0 fully saturated rings. The van der Waals surface area contributed by atoms with Gasteiger partial charge in [-0.05, 0) is 62.1 Å². The van der Waals surface area contributed by atoms with E-state index in [2.05, 4.69) is 9.71 Å². The Kier molecular flexibility index (Phi) is 4.42. The van der Waals surface area contributed by atoms with E-state index in [0.717, 1.165) is 29.5 Å². The monoisotopic (exact) mass is 398 g/mol. The van der Waals surface area contributed by atoms with Gasteiger partial charge in [-0.15, -0.1) is 0 Å². The molecule has 1 aromatic heterocycles. The van der Waals surface area contributed by atoms with Crippen LogP contribution in [0.1, 0.15) is 40.0 Å². The minimum atomic E-state index is -3.83. The van der Waals surface area contributed by atoms with Gasteiger partial charge in [-0.2, -0.15) is 0 Å². The maximum Gasteiger partial charge on any atom is 0.262 e. The molecule has 2 N–H and O–H groups in total. The molecule has 1 aliphatic carbocycles. The van der Waals surface area contributed by atoms with Crippen LogP contribution in [-0.2, 0) is 16.4 Å². The number of aromatic amines is 1. The Balaban J connectivity index is 1.81. The second-order valence-electron chi connectivity index (χ2n) is 7.23. The first-order valence-corrected chi connectivity index (χ1v) is 10.6. The van der Waals surface area contributed by atoms with Gasteiger partial charge in [0.05, 0.1) is 17.7 Å². The van der Waals surface area contributed by atoms with Crippen molar-refractivity contribution in [3.05, 3.63) is 52.7 Å². The molecule has 0 amide bonds. The number of fused-ring (bicyclic) bond motifs is 3. The average Bonchev–Trinajstić information content (AvgIpc) is 2.99. The van der Waals surface area contributed by atoms with E-state index in [1.807, 2.05) is 13.0 Å². The number of aromatic nitrogens is 1. The van der Waals surface area contributed by atoms with Crippen molar-refractivity contribution in [2.75, 3.05) is 11.8 Å². The number of ether oxygens (including phenoxy) is 1. The number of methoxy groups -OCH3 is 1. The van der Waals surface area contributed by atoms with Crippen molar-refractivity contribution in [2.45, 2.75) is 38.0 Å². The predicted molar refractivity (Wildman–Crippen MR) is 109 cm³/mol. The Morgan fingerprint density at radius 3 is 2.64 bits per heavy atom. The number of H-pyrrole nitrogens is 1. The fourth-order valence-electron chi connectivity index (χ4n) is 3.83. The molecule has 28 heavy (non-hydrogen) atoms. The van der Waals surface area contributed by atoms with Crippen molar-refractivity contribution < 1.29 is 17.9 Å². The number of aryl methyl sites for hydroxylation is 3. The fraction of sp³-hybridized carbons (Fsp3) is 0.286. The van der Waals surface area contributed by atoms with Crippen LogP contribution in [0.5, 0.6) is 5.75 Å². The molecule has 0 radical (unpaired) electrons. The molecule has 1 aliphatic rings. The lowest BCUT2D eigenvalue weighted by molar-refractivity contribution is 0.0974. The van der Waals surface area contributed by atoms with E-state index in [-0.39, 0.29) is 10.7 Å². The topological polar surface area (TPSA) is 88.3 Å². The fourth-order valence-corrected chi connectivity index (χ4v) is 5.15. The maximum absolute atomic E-state index is 13.1. The van der Waals surface area contributed by atoms with Gasteiger partial charge >= 0.3 is 0 Å². The largest absolute Gasteiger partial charge is 0.495 e. The number of rotatable bonds is 4. The molecule has 0 unspecified atom stereocenters. The third-order valence-electron chi connectivity index (χ3n) is 5.17. The van der Waals surface area contributed by atoms with Crippen LogP contribution in [0.2, 0.25) is 0 Å². The van der Waals surface area contributed by atoms with Crippen LogP contribution < -0.4 is 9.46 Å². The van der Waals surface area contributed by atoms with Crippen LogP contribution in [0.3, 0.4) is 0 Å². The van der Waals surface area contributed by atoms with Crippen molar-refractivity contribution in [3.63, 3.8) is 0 Å². The second-order valence-corrected chi connectivity index (χ2v) is 8.88. The summed E-state index contributed by atoms with van der Waals surface area (Å²) in [7, 11) is -2.33. The standard InChI is InChI=1S/C21H22N2O4S/c1-12-7-8-19(27-3)17(9-12)23-28(25,26)20-11-16-14(10-13(20)2)21-15(22-16)5-4-6-18(21)24/h7-11,22-23H,4-6H2,1-3H3. The number of hydrogen-bond acceptors (Lipinski definition) is 4. The highest BCUT2D eigenvalue weighted by Crippen LogP contribution is 2.34. The number of carbonyl (C=O) groups excluding carboxylic acids is 1. The lowest BCUT2D eigenvalue weighted by Crippen LogP contribution is -2.15. The molecule has 3 aromatic rings. The molecule has 6 nitrogen and oxygen atoms in total. The molecular formula is C21H22N2O4S. The highest BCUT2D eigenvalue weighted by molar-refractivity contribution is 7.92. The highest BCUT2D eigenvalue weighted by atomic mass is 32.2. The number of Topliss-reactive ketones (excluding diaryl/α,β-unsaturated/α-hetero) is 1. The smallest absolute Gasteiger partial charge is 0.262 e. The second kappa shape index (κ2) is 6.67. The number of hydrogen-bond donors (Lipinski definition) is 2. The Bertz CT molecular complexity index is 1210. The first kappa shape index (κ1) is 18.6. The summed E-state index contributed by atoms with van der Waals surface area (Å²) in [5.74, 6) is 0.568. The molecule has 0 aliphatic heterocycles. The summed E-state index contributed by atoms with van der Waals surface area (Å²) in [6.45, 7) is 3.63. The normalized spacial score (nSPS) is 14.2. The molecule has 0 saturated heterocycles. The number of nitrogens with one attached hydrogen (secondary N) is 2. The van der Waals surface area contributed by atoms with Crippen LogP contribution in [0.15, 0.2) is 35.2 Å². The van der Waals surface area contributed by atoms with Crippen LogP contribution in [0.25, 0.3) is 10.9 Å². The third-order valence-corrected chi connectivity index (χ3v) is 6.68. The van der Waals surface area contributed by atoms with Gasteiger partial charge in [-0.25, -0.2) is 8.42 Å². The first-order valence-electron chi connectivity index (χ1n) is 9.16. The highest BCUT2D eigenvalue weighted by Gasteiger charge is 2.25. The molecule has 7 heteroatoms. The zero-order valence-electron chi connectivity index (χ0n) is 16.0. The average molecular weight is 398 g/mol. The summed E-state index contributed by atoms with van der Waals surface area (Å²) in [5.41, 5.74) is 4.17. The van der Waals surface area contributed by atoms with Gasteiger partial charge in [0.1, 0.15) is 5.75 Å². The van der Waals surface area contributed by atoms with Gasteiger partial charge in [0, 0.05) is 28.6 Å². The molecule has 2 aromatic carbocycles. The third kappa shape index (κ3) is 3.05. The molecule has 0 atom stereocenters. The number of sulfonamides is 1. The zero-order valence-corrected chi connectivity index (χ0v) is 16.9. The molecule has 0 spiro atoms. The lowest BCUT2D eigenvalue weighted by atomic mass is 9.94. The molecule has 4 rings (SSSR count).